The molecule has 0 spiro atoms. The number of hydrogen-bond acceptors (Lipinski definition) is 4. The van der Waals surface area contributed by atoms with Gasteiger partial charge in [-0.1, -0.05) is 18.2 Å². The molecule has 1 fully saturated rings. The molecule has 2 aromatic carbocycles. The second-order valence-electron chi connectivity index (χ2n) is 6.54. The summed E-state index contributed by atoms with van der Waals surface area (Å²) in [5.41, 5.74) is 1.41. The van der Waals surface area contributed by atoms with E-state index in [1.807, 2.05) is 18.2 Å². The number of benzene rings is 2. The first-order chi connectivity index (χ1) is 13.1. The molecule has 2 aliphatic rings. The number of nitrogens with one attached hydrogen (secondary N) is 1. The van der Waals surface area contributed by atoms with Gasteiger partial charge in [0.25, 0.3) is 5.91 Å². The number of rotatable bonds is 3. The number of thioether (sulfide) groups is 2. The van der Waals surface area contributed by atoms with Crippen molar-refractivity contribution in [3.8, 4) is 0 Å². The van der Waals surface area contributed by atoms with Gasteiger partial charge in [0.1, 0.15) is 11.9 Å². The molecule has 1 N–H and O–H groups in total. The van der Waals surface area contributed by atoms with E-state index in [1.54, 1.807) is 46.6 Å². The van der Waals surface area contributed by atoms with Crippen LogP contribution in [0.25, 0.3) is 0 Å². The SMILES string of the molecule is O=C(N[C@@H]1CCSc2ccc(F)cc21)[C@@H]1CSCN1C(=O)c1ccccc1. The lowest BCUT2D eigenvalue weighted by Crippen LogP contribution is -2.48. The van der Waals surface area contributed by atoms with E-state index in [0.29, 0.717) is 17.2 Å². The van der Waals surface area contributed by atoms with Crippen molar-refractivity contribution in [2.75, 3.05) is 17.4 Å². The molecule has 7 heteroatoms. The van der Waals surface area contributed by atoms with E-state index in [-0.39, 0.29) is 23.7 Å². The van der Waals surface area contributed by atoms with Gasteiger partial charge in [-0.05, 0) is 42.3 Å². The van der Waals surface area contributed by atoms with Crippen LogP contribution in [0.15, 0.2) is 53.4 Å². The number of amides is 2. The van der Waals surface area contributed by atoms with Crippen LogP contribution in [0.5, 0.6) is 0 Å². The van der Waals surface area contributed by atoms with Gasteiger partial charge in [-0.25, -0.2) is 4.39 Å². The summed E-state index contributed by atoms with van der Waals surface area (Å²) >= 11 is 3.25. The van der Waals surface area contributed by atoms with E-state index >= 15 is 0 Å². The summed E-state index contributed by atoms with van der Waals surface area (Å²) in [6, 6.07) is 13.0. The maximum absolute atomic E-state index is 13.7. The average Bonchev–Trinajstić information content (AvgIpc) is 3.18. The van der Waals surface area contributed by atoms with Crippen LogP contribution in [0.4, 0.5) is 4.39 Å². The highest BCUT2D eigenvalue weighted by Gasteiger charge is 2.36. The Morgan fingerprint density at radius 1 is 1.15 bits per heavy atom. The highest BCUT2D eigenvalue weighted by molar-refractivity contribution is 7.99. The molecule has 0 radical (unpaired) electrons. The molecule has 0 saturated carbocycles. The molecule has 2 aromatic rings. The van der Waals surface area contributed by atoms with Crippen LogP contribution >= 0.6 is 23.5 Å². The molecule has 2 atom stereocenters. The summed E-state index contributed by atoms with van der Waals surface area (Å²) < 4.78 is 13.7. The minimum atomic E-state index is -0.505. The first kappa shape index (κ1) is 18.4. The van der Waals surface area contributed by atoms with Crippen molar-refractivity contribution in [3.63, 3.8) is 0 Å². The summed E-state index contributed by atoms with van der Waals surface area (Å²) in [4.78, 5) is 28.3. The third-order valence-electron chi connectivity index (χ3n) is 4.79. The second-order valence-corrected chi connectivity index (χ2v) is 8.67. The molecule has 2 aliphatic heterocycles. The van der Waals surface area contributed by atoms with Gasteiger partial charge in [-0.3, -0.25) is 9.59 Å². The van der Waals surface area contributed by atoms with Crippen molar-refractivity contribution in [2.45, 2.75) is 23.4 Å². The smallest absolute Gasteiger partial charge is 0.255 e. The molecule has 0 unspecified atom stereocenters. The summed E-state index contributed by atoms with van der Waals surface area (Å²) in [6.45, 7) is 0. The Balaban J connectivity index is 1.50. The van der Waals surface area contributed by atoms with Crippen molar-refractivity contribution >= 4 is 35.3 Å². The fourth-order valence-electron chi connectivity index (χ4n) is 3.39. The zero-order valence-corrected chi connectivity index (χ0v) is 16.2. The Bertz CT molecular complexity index is 862. The van der Waals surface area contributed by atoms with E-state index in [9.17, 15) is 14.0 Å². The van der Waals surface area contributed by atoms with E-state index in [0.717, 1.165) is 22.6 Å². The maximum atomic E-state index is 13.7. The zero-order valence-electron chi connectivity index (χ0n) is 14.6. The molecular formula is C20H19FN2O2S2. The van der Waals surface area contributed by atoms with Crippen molar-refractivity contribution in [1.29, 1.82) is 0 Å². The number of nitrogens with zero attached hydrogens (tertiary/aromatic N) is 1. The Labute approximate surface area is 165 Å². The molecule has 1 saturated heterocycles. The second kappa shape index (κ2) is 7.94. The molecule has 27 heavy (non-hydrogen) atoms. The van der Waals surface area contributed by atoms with E-state index in [2.05, 4.69) is 5.32 Å². The predicted molar refractivity (Wildman–Crippen MR) is 106 cm³/mol. The molecule has 0 aliphatic carbocycles. The van der Waals surface area contributed by atoms with Gasteiger partial charge < -0.3 is 10.2 Å². The topological polar surface area (TPSA) is 49.4 Å². The van der Waals surface area contributed by atoms with Gasteiger partial charge in [-0.15, -0.1) is 23.5 Å². The van der Waals surface area contributed by atoms with Crippen molar-refractivity contribution in [2.24, 2.45) is 0 Å². The minimum absolute atomic E-state index is 0.133. The van der Waals surface area contributed by atoms with Gasteiger partial charge in [0, 0.05) is 22.0 Å². The van der Waals surface area contributed by atoms with Gasteiger partial charge >= 0.3 is 0 Å². The zero-order chi connectivity index (χ0) is 18.8. The third-order valence-corrected chi connectivity index (χ3v) is 6.93. The lowest BCUT2D eigenvalue weighted by atomic mass is 10.0. The van der Waals surface area contributed by atoms with Crippen LogP contribution in [0, 0.1) is 5.82 Å². The summed E-state index contributed by atoms with van der Waals surface area (Å²) in [7, 11) is 0. The molecule has 0 bridgehead atoms. The van der Waals surface area contributed by atoms with Crippen molar-refractivity contribution in [1.82, 2.24) is 10.2 Å². The standard InChI is InChI=1S/C20H19FN2O2S2/c21-14-6-7-18-15(10-14)16(8-9-27-18)22-19(24)17-11-26-12-23(17)20(25)13-4-2-1-3-5-13/h1-7,10,16-17H,8-9,11-12H2,(H,22,24)/t16-,17+/m1/s1. The predicted octanol–water partition coefficient (Wildman–Crippen LogP) is 3.69. The van der Waals surface area contributed by atoms with Gasteiger partial charge in [0.15, 0.2) is 0 Å². The number of carbonyl (C=O) groups excluding carboxylic acids is 2. The van der Waals surface area contributed by atoms with Crippen molar-refractivity contribution < 1.29 is 14.0 Å². The van der Waals surface area contributed by atoms with Crippen LogP contribution in [0.1, 0.15) is 28.4 Å². The van der Waals surface area contributed by atoms with Crippen LogP contribution < -0.4 is 5.32 Å². The van der Waals surface area contributed by atoms with E-state index < -0.39 is 6.04 Å². The number of halogens is 1. The molecule has 4 nitrogen and oxygen atoms in total. The Morgan fingerprint density at radius 2 is 1.96 bits per heavy atom. The van der Waals surface area contributed by atoms with Crippen LogP contribution in [-0.2, 0) is 4.79 Å². The van der Waals surface area contributed by atoms with Gasteiger partial charge in [0.05, 0.1) is 11.9 Å². The summed E-state index contributed by atoms with van der Waals surface area (Å²) in [6.07, 6.45) is 0.749. The summed E-state index contributed by atoms with van der Waals surface area (Å²) in [5.74, 6) is 1.34. The monoisotopic (exact) mass is 402 g/mol. The number of carbonyl (C=O) groups is 2. The fraction of sp³-hybridized carbons (Fsp3) is 0.300. The van der Waals surface area contributed by atoms with Crippen LogP contribution in [0.2, 0.25) is 0 Å². The highest BCUT2D eigenvalue weighted by Crippen LogP contribution is 2.36. The Kier molecular flexibility index (Phi) is 5.41. The van der Waals surface area contributed by atoms with Crippen molar-refractivity contribution in [3.05, 3.63) is 65.5 Å². The maximum Gasteiger partial charge on any atom is 0.255 e. The van der Waals surface area contributed by atoms with Crippen LogP contribution in [-0.4, -0.2) is 40.1 Å². The molecule has 4 rings (SSSR count). The third kappa shape index (κ3) is 3.84. The molecular weight excluding hydrogens is 383 g/mol. The summed E-state index contributed by atoms with van der Waals surface area (Å²) in [5, 5.41) is 3.05. The average molecular weight is 403 g/mol. The Hall–Kier alpha value is -1.99. The molecule has 2 heterocycles. The normalized spacial score (nSPS) is 21.6. The fourth-order valence-corrected chi connectivity index (χ4v) is 5.65. The minimum Gasteiger partial charge on any atom is -0.347 e. The first-order valence-corrected chi connectivity index (χ1v) is 10.9. The largest absolute Gasteiger partial charge is 0.347 e. The first-order valence-electron chi connectivity index (χ1n) is 8.80. The van der Waals surface area contributed by atoms with Gasteiger partial charge in [-0.2, -0.15) is 0 Å². The van der Waals surface area contributed by atoms with E-state index in [1.165, 1.54) is 12.1 Å². The van der Waals surface area contributed by atoms with Crippen LogP contribution in [0.3, 0.4) is 0 Å². The van der Waals surface area contributed by atoms with E-state index in [4.69, 9.17) is 0 Å². The number of hydrogen-bond donors (Lipinski definition) is 1. The quantitative estimate of drug-likeness (QED) is 0.851. The molecule has 140 valence electrons. The lowest BCUT2D eigenvalue weighted by molar-refractivity contribution is -0.125. The molecule has 0 aromatic heterocycles. The van der Waals surface area contributed by atoms with Gasteiger partial charge in [0.2, 0.25) is 5.91 Å². The molecule has 2 amide bonds. The highest BCUT2D eigenvalue weighted by atomic mass is 32.2. The lowest BCUT2D eigenvalue weighted by Gasteiger charge is -2.29. The Morgan fingerprint density at radius 3 is 2.78 bits per heavy atom. The number of fused-ring (bicyclic) bond motifs is 1.